The maximum absolute atomic E-state index is 13.3. The van der Waals surface area contributed by atoms with E-state index in [1.165, 1.54) is 24.3 Å². The van der Waals surface area contributed by atoms with Gasteiger partial charge in [-0.05, 0) is 54.6 Å². The van der Waals surface area contributed by atoms with Gasteiger partial charge in [0.1, 0.15) is 11.6 Å². The summed E-state index contributed by atoms with van der Waals surface area (Å²) in [6.07, 6.45) is 0. The maximum atomic E-state index is 13.3. The van der Waals surface area contributed by atoms with Crippen LogP contribution in [-0.4, -0.2) is 0 Å². The van der Waals surface area contributed by atoms with E-state index < -0.39 is 0 Å². The van der Waals surface area contributed by atoms with E-state index in [1.54, 1.807) is 24.3 Å². The van der Waals surface area contributed by atoms with Crippen molar-refractivity contribution >= 4 is 33.0 Å². The second-order valence-electron chi connectivity index (χ2n) is 5.21. The molecule has 1 nitrogen and oxygen atoms in total. The van der Waals surface area contributed by atoms with E-state index in [-0.39, 0.29) is 11.6 Å². The first kappa shape index (κ1) is 16.4. The second-order valence-corrected chi connectivity index (χ2v) is 6.07. The molecule has 0 amide bonds. The molecule has 24 heavy (non-hydrogen) atoms. The highest BCUT2D eigenvalue weighted by Crippen LogP contribution is 2.36. The van der Waals surface area contributed by atoms with Crippen molar-refractivity contribution in [3.8, 4) is 0 Å². The summed E-state index contributed by atoms with van der Waals surface area (Å²) in [5.41, 5.74) is 3.07. The van der Waals surface area contributed by atoms with Crippen LogP contribution in [0.25, 0.3) is 5.70 Å². The highest BCUT2D eigenvalue weighted by Gasteiger charge is 2.16. The molecule has 0 saturated carbocycles. The van der Waals surface area contributed by atoms with Crippen LogP contribution in [-0.2, 0) is 0 Å². The van der Waals surface area contributed by atoms with Crippen LogP contribution in [0.1, 0.15) is 5.56 Å². The Morgan fingerprint density at radius 3 is 1.67 bits per heavy atom. The average Bonchev–Trinajstić information content (AvgIpc) is 2.59. The molecule has 3 rings (SSSR count). The largest absolute Gasteiger partial charge is 0.310 e. The van der Waals surface area contributed by atoms with Crippen LogP contribution < -0.4 is 4.90 Å². The van der Waals surface area contributed by atoms with Crippen molar-refractivity contribution < 1.29 is 8.78 Å². The lowest BCUT2D eigenvalue weighted by atomic mass is 10.1. The average molecular weight is 386 g/mol. The molecule has 0 aliphatic rings. The van der Waals surface area contributed by atoms with Gasteiger partial charge in [-0.25, -0.2) is 8.78 Å². The van der Waals surface area contributed by atoms with E-state index in [2.05, 4.69) is 22.5 Å². The monoisotopic (exact) mass is 385 g/mol. The molecule has 0 aromatic heterocycles. The van der Waals surface area contributed by atoms with Crippen LogP contribution in [0.15, 0.2) is 83.8 Å². The number of hydrogen-bond acceptors (Lipinski definition) is 1. The lowest BCUT2D eigenvalue weighted by Gasteiger charge is -2.28. The standard InChI is InChI=1S/C20H14BrF2N/c1-14(19-4-2-3-5-20(19)21)24(17-10-6-15(22)7-11-17)18-12-8-16(23)9-13-18/h2-13H,1H2. The predicted octanol–water partition coefficient (Wildman–Crippen LogP) is 6.54. The van der Waals surface area contributed by atoms with Gasteiger partial charge in [0.25, 0.3) is 0 Å². The van der Waals surface area contributed by atoms with Crippen LogP contribution in [0.4, 0.5) is 20.2 Å². The van der Waals surface area contributed by atoms with E-state index >= 15 is 0 Å². The number of hydrogen-bond donors (Lipinski definition) is 0. The molecule has 3 aromatic carbocycles. The lowest BCUT2D eigenvalue weighted by Crippen LogP contribution is -2.15. The van der Waals surface area contributed by atoms with Gasteiger partial charge in [0.15, 0.2) is 0 Å². The zero-order chi connectivity index (χ0) is 17.1. The topological polar surface area (TPSA) is 3.24 Å². The summed E-state index contributed by atoms with van der Waals surface area (Å²) < 4.78 is 27.5. The van der Waals surface area contributed by atoms with Gasteiger partial charge < -0.3 is 4.90 Å². The quantitative estimate of drug-likeness (QED) is 0.492. The van der Waals surface area contributed by atoms with Gasteiger partial charge in [0, 0.05) is 27.1 Å². The smallest absolute Gasteiger partial charge is 0.123 e. The highest BCUT2D eigenvalue weighted by atomic mass is 79.9. The number of halogens is 3. The number of anilines is 2. The summed E-state index contributed by atoms with van der Waals surface area (Å²) >= 11 is 3.53. The van der Waals surface area contributed by atoms with Crippen LogP contribution in [0.3, 0.4) is 0 Å². The van der Waals surface area contributed by atoms with Crippen LogP contribution in [0.5, 0.6) is 0 Å². The van der Waals surface area contributed by atoms with Crippen LogP contribution >= 0.6 is 15.9 Å². The third kappa shape index (κ3) is 3.39. The first-order valence-electron chi connectivity index (χ1n) is 7.31. The molecule has 4 heteroatoms. The Kier molecular flexibility index (Phi) is 4.76. The summed E-state index contributed by atoms with van der Waals surface area (Å²) in [5, 5.41) is 0. The first-order valence-corrected chi connectivity index (χ1v) is 8.10. The van der Waals surface area contributed by atoms with Gasteiger partial charge in [0.2, 0.25) is 0 Å². The maximum Gasteiger partial charge on any atom is 0.123 e. The summed E-state index contributed by atoms with van der Waals surface area (Å²) in [5.74, 6) is -0.631. The predicted molar refractivity (Wildman–Crippen MR) is 98.1 cm³/mol. The molecule has 120 valence electrons. The first-order chi connectivity index (χ1) is 11.6. The Hall–Kier alpha value is -2.46. The van der Waals surface area contributed by atoms with E-state index in [0.717, 1.165) is 21.4 Å². The molecular weight excluding hydrogens is 372 g/mol. The van der Waals surface area contributed by atoms with Crippen molar-refractivity contribution in [1.82, 2.24) is 0 Å². The minimum absolute atomic E-state index is 0.315. The van der Waals surface area contributed by atoms with Crippen molar-refractivity contribution in [2.24, 2.45) is 0 Å². The third-order valence-corrected chi connectivity index (χ3v) is 4.32. The molecule has 0 radical (unpaired) electrons. The van der Waals surface area contributed by atoms with Gasteiger partial charge in [-0.2, -0.15) is 0 Å². The van der Waals surface area contributed by atoms with Crippen molar-refractivity contribution in [3.05, 3.63) is 101 Å². The molecule has 0 atom stereocenters. The van der Waals surface area contributed by atoms with Gasteiger partial charge in [-0.3, -0.25) is 0 Å². The highest BCUT2D eigenvalue weighted by molar-refractivity contribution is 9.10. The van der Waals surface area contributed by atoms with Gasteiger partial charge >= 0.3 is 0 Å². The van der Waals surface area contributed by atoms with Crippen molar-refractivity contribution in [1.29, 1.82) is 0 Å². The van der Waals surface area contributed by atoms with E-state index in [4.69, 9.17) is 0 Å². The fraction of sp³-hybridized carbons (Fsp3) is 0. The molecule has 0 bridgehead atoms. The van der Waals surface area contributed by atoms with Gasteiger partial charge in [0.05, 0.1) is 0 Å². The van der Waals surface area contributed by atoms with Crippen molar-refractivity contribution in [3.63, 3.8) is 0 Å². The minimum atomic E-state index is -0.315. The number of rotatable bonds is 4. The Bertz CT molecular complexity index is 812. The normalized spacial score (nSPS) is 10.5. The molecule has 0 aliphatic heterocycles. The SMILES string of the molecule is C=C(c1ccccc1Br)N(c1ccc(F)cc1)c1ccc(F)cc1. The molecule has 0 saturated heterocycles. The fourth-order valence-electron chi connectivity index (χ4n) is 2.46. The number of benzene rings is 3. The molecule has 0 spiro atoms. The summed E-state index contributed by atoms with van der Waals surface area (Å²) in [6, 6.07) is 19.9. The molecule has 0 aliphatic carbocycles. The van der Waals surface area contributed by atoms with Crippen molar-refractivity contribution in [2.75, 3.05) is 4.90 Å². The Labute approximate surface area is 148 Å². The van der Waals surface area contributed by atoms with Gasteiger partial charge in [-0.1, -0.05) is 40.7 Å². The van der Waals surface area contributed by atoms with Gasteiger partial charge in [-0.15, -0.1) is 0 Å². The molecule has 0 N–H and O–H groups in total. The Balaban J connectivity index is 2.11. The van der Waals surface area contributed by atoms with Crippen LogP contribution in [0, 0.1) is 11.6 Å². The molecule has 0 fully saturated rings. The lowest BCUT2D eigenvalue weighted by molar-refractivity contribution is 0.628. The fourth-order valence-corrected chi connectivity index (χ4v) is 2.97. The van der Waals surface area contributed by atoms with E-state index in [9.17, 15) is 8.78 Å². The zero-order valence-corrected chi connectivity index (χ0v) is 14.3. The van der Waals surface area contributed by atoms with E-state index in [1.807, 2.05) is 29.2 Å². The van der Waals surface area contributed by atoms with E-state index in [0.29, 0.717) is 5.70 Å². The molecule has 3 aromatic rings. The summed E-state index contributed by atoms with van der Waals surface area (Å²) in [7, 11) is 0. The Morgan fingerprint density at radius 1 is 0.750 bits per heavy atom. The molecule has 0 unspecified atom stereocenters. The summed E-state index contributed by atoms with van der Waals surface area (Å²) in [4.78, 5) is 1.86. The second kappa shape index (κ2) is 6.97. The van der Waals surface area contributed by atoms with Crippen LogP contribution in [0.2, 0.25) is 0 Å². The number of nitrogens with zero attached hydrogens (tertiary/aromatic N) is 1. The zero-order valence-electron chi connectivity index (χ0n) is 12.7. The minimum Gasteiger partial charge on any atom is -0.310 e. The summed E-state index contributed by atoms with van der Waals surface area (Å²) in [6.45, 7) is 4.19. The molecule has 0 heterocycles. The molecular formula is C20H14BrF2N. The third-order valence-electron chi connectivity index (χ3n) is 3.62. The van der Waals surface area contributed by atoms with Crippen molar-refractivity contribution in [2.45, 2.75) is 0 Å². The Morgan fingerprint density at radius 2 is 1.21 bits per heavy atom.